The number of nitro groups is 1. The highest BCUT2D eigenvalue weighted by Gasteiger charge is 2.10. The van der Waals surface area contributed by atoms with Crippen LogP contribution in [-0.4, -0.2) is 26.8 Å². The molecule has 0 aliphatic carbocycles. The molecule has 1 aromatic heterocycles. The molecule has 0 atom stereocenters. The maximum Gasteiger partial charge on any atom is 0.271 e. The predicted octanol–water partition coefficient (Wildman–Crippen LogP) is 4.09. The average Bonchev–Trinajstić information content (AvgIpc) is 2.67. The Bertz CT molecular complexity index is 977. The summed E-state index contributed by atoms with van der Waals surface area (Å²) in [6.45, 7) is 2.01. The first-order valence-corrected chi connectivity index (χ1v) is 9.08. The predicted molar refractivity (Wildman–Crippen MR) is 105 cm³/mol. The Morgan fingerprint density at radius 2 is 1.93 bits per heavy atom. The van der Waals surface area contributed by atoms with E-state index in [-0.39, 0.29) is 17.3 Å². The van der Waals surface area contributed by atoms with Crippen molar-refractivity contribution in [3.8, 4) is 11.3 Å². The Morgan fingerprint density at radius 3 is 2.63 bits per heavy atom. The number of nitrogens with one attached hydrogen (secondary N) is 1. The minimum Gasteiger partial charge on any atom is -0.325 e. The van der Waals surface area contributed by atoms with Crippen LogP contribution in [0.3, 0.4) is 0 Å². The van der Waals surface area contributed by atoms with Crippen LogP contribution in [0.5, 0.6) is 0 Å². The second kappa shape index (κ2) is 8.41. The number of hydrogen-bond donors (Lipinski definition) is 1. The molecule has 0 unspecified atom stereocenters. The van der Waals surface area contributed by atoms with E-state index >= 15 is 0 Å². The van der Waals surface area contributed by atoms with Gasteiger partial charge in [0.1, 0.15) is 5.03 Å². The van der Waals surface area contributed by atoms with Gasteiger partial charge < -0.3 is 5.32 Å². The average molecular weight is 380 g/mol. The van der Waals surface area contributed by atoms with Gasteiger partial charge in [-0.05, 0) is 30.7 Å². The van der Waals surface area contributed by atoms with Gasteiger partial charge in [0, 0.05) is 23.4 Å². The summed E-state index contributed by atoms with van der Waals surface area (Å²) < 4.78 is 0. The van der Waals surface area contributed by atoms with Gasteiger partial charge in [-0.15, -0.1) is 10.2 Å². The molecule has 0 bridgehead atoms. The summed E-state index contributed by atoms with van der Waals surface area (Å²) in [5.41, 5.74) is 3.22. The summed E-state index contributed by atoms with van der Waals surface area (Å²) in [7, 11) is 0. The van der Waals surface area contributed by atoms with Crippen molar-refractivity contribution in [3.05, 3.63) is 76.3 Å². The lowest BCUT2D eigenvalue weighted by atomic mass is 10.1. The van der Waals surface area contributed by atoms with E-state index in [4.69, 9.17) is 0 Å². The molecule has 3 aromatic rings. The van der Waals surface area contributed by atoms with Crippen molar-refractivity contribution >= 4 is 29.0 Å². The van der Waals surface area contributed by atoms with Crippen molar-refractivity contribution in [3.63, 3.8) is 0 Å². The van der Waals surface area contributed by atoms with Gasteiger partial charge in [-0.2, -0.15) is 0 Å². The van der Waals surface area contributed by atoms with Crippen molar-refractivity contribution in [1.82, 2.24) is 10.2 Å². The van der Waals surface area contributed by atoms with Gasteiger partial charge in [0.25, 0.3) is 5.69 Å². The molecular weight excluding hydrogens is 364 g/mol. The second-order valence-electron chi connectivity index (χ2n) is 5.72. The van der Waals surface area contributed by atoms with Crippen LogP contribution >= 0.6 is 11.8 Å². The van der Waals surface area contributed by atoms with E-state index < -0.39 is 4.92 Å². The van der Waals surface area contributed by atoms with E-state index in [1.54, 1.807) is 6.07 Å². The highest BCUT2D eigenvalue weighted by molar-refractivity contribution is 7.99. The summed E-state index contributed by atoms with van der Waals surface area (Å²) in [6, 6.07) is 17.4. The Hall–Kier alpha value is -3.26. The third kappa shape index (κ3) is 4.89. The molecule has 0 aliphatic heterocycles. The molecule has 0 spiro atoms. The molecule has 1 N–H and O–H groups in total. The van der Waals surface area contributed by atoms with Crippen molar-refractivity contribution in [2.45, 2.75) is 11.9 Å². The summed E-state index contributed by atoms with van der Waals surface area (Å²) in [5, 5.41) is 22.4. The number of carbonyl (C=O) groups excluding carboxylic acids is 1. The fraction of sp³-hybridized carbons (Fsp3) is 0.105. The van der Waals surface area contributed by atoms with Crippen LogP contribution in [0.25, 0.3) is 11.3 Å². The summed E-state index contributed by atoms with van der Waals surface area (Å²) >= 11 is 1.25. The monoisotopic (exact) mass is 380 g/mol. The van der Waals surface area contributed by atoms with Gasteiger partial charge >= 0.3 is 0 Å². The molecule has 2 aromatic carbocycles. The molecule has 1 amide bonds. The van der Waals surface area contributed by atoms with E-state index in [0.717, 1.165) is 16.8 Å². The zero-order valence-corrected chi connectivity index (χ0v) is 15.3. The fourth-order valence-electron chi connectivity index (χ4n) is 2.43. The maximum atomic E-state index is 12.1. The molecule has 0 fully saturated rings. The number of rotatable bonds is 6. The second-order valence-corrected chi connectivity index (χ2v) is 6.71. The van der Waals surface area contributed by atoms with Crippen LogP contribution in [0, 0.1) is 17.0 Å². The Balaban J connectivity index is 1.58. The number of carbonyl (C=O) groups is 1. The highest BCUT2D eigenvalue weighted by atomic mass is 32.2. The molecule has 27 heavy (non-hydrogen) atoms. The van der Waals surface area contributed by atoms with E-state index in [1.165, 1.54) is 30.0 Å². The first kappa shape index (κ1) is 18.5. The minimum absolute atomic E-state index is 0.0712. The van der Waals surface area contributed by atoms with E-state index in [0.29, 0.717) is 10.7 Å². The molecule has 0 saturated heterocycles. The van der Waals surface area contributed by atoms with Crippen molar-refractivity contribution in [2.24, 2.45) is 0 Å². The lowest BCUT2D eigenvalue weighted by Gasteiger charge is -2.06. The van der Waals surface area contributed by atoms with Gasteiger partial charge in [0.05, 0.1) is 16.4 Å². The summed E-state index contributed by atoms with van der Waals surface area (Å²) in [4.78, 5) is 22.3. The first-order chi connectivity index (χ1) is 13.0. The van der Waals surface area contributed by atoms with Crippen molar-refractivity contribution < 1.29 is 9.72 Å². The van der Waals surface area contributed by atoms with Crippen LogP contribution in [-0.2, 0) is 4.79 Å². The Labute approximate surface area is 160 Å². The van der Waals surface area contributed by atoms with Crippen molar-refractivity contribution in [2.75, 3.05) is 11.1 Å². The van der Waals surface area contributed by atoms with Crippen LogP contribution in [0.15, 0.2) is 65.7 Å². The van der Waals surface area contributed by atoms with Gasteiger partial charge in [-0.1, -0.05) is 42.1 Å². The van der Waals surface area contributed by atoms with Gasteiger partial charge in [0.15, 0.2) is 0 Å². The van der Waals surface area contributed by atoms with Crippen LogP contribution < -0.4 is 5.32 Å². The quantitative estimate of drug-likeness (QED) is 0.393. The number of non-ortho nitro benzene ring substituents is 1. The zero-order valence-electron chi connectivity index (χ0n) is 14.5. The van der Waals surface area contributed by atoms with Gasteiger partial charge in [0.2, 0.25) is 5.91 Å². The SMILES string of the molecule is Cc1ccccc1-c1ccc(SCC(=O)Nc2cccc([N+](=O)[O-])c2)nn1. The largest absolute Gasteiger partial charge is 0.325 e. The molecule has 136 valence electrons. The smallest absolute Gasteiger partial charge is 0.271 e. The number of hydrogen-bond acceptors (Lipinski definition) is 6. The van der Waals surface area contributed by atoms with E-state index in [9.17, 15) is 14.9 Å². The third-order valence-corrected chi connectivity index (χ3v) is 4.67. The molecule has 3 rings (SSSR count). The fourth-order valence-corrected chi connectivity index (χ4v) is 3.05. The van der Waals surface area contributed by atoms with Crippen LogP contribution in [0.2, 0.25) is 0 Å². The van der Waals surface area contributed by atoms with Gasteiger partial charge in [-0.3, -0.25) is 14.9 Å². The van der Waals surface area contributed by atoms with Crippen LogP contribution in [0.1, 0.15) is 5.56 Å². The number of aryl methyl sites for hydroxylation is 1. The standard InChI is InChI=1S/C19H16N4O3S/c1-13-5-2-3-8-16(13)17-9-10-19(22-21-17)27-12-18(24)20-14-6-4-7-15(11-14)23(25)26/h2-11H,12H2,1H3,(H,20,24). The van der Waals surface area contributed by atoms with Gasteiger partial charge in [-0.25, -0.2) is 0 Å². The highest BCUT2D eigenvalue weighted by Crippen LogP contribution is 2.23. The summed E-state index contributed by atoms with van der Waals surface area (Å²) in [6.07, 6.45) is 0. The maximum absolute atomic E-state index is 12.1. The van der Waals surface area contributed by atoms with E-state index in [1.807, 2.05) is 43.3 Å². The van der Waals surface area contributed by atoms with Crippen LogP contribution in [0.4, 0.5) is 11.4 Å². The normalized spacial score (nSPS) is 10.4. The lowest BCUT2D eigenvalue weighted by Crippen LogP contribution is -2.14. The number of nitrogens with zero attached hydrogens (tertiary/aromatic N) is 3. The van der Waals surface area contributed by atoms with Crippen molar-refractivity contribution in [1.29, 1.82) is 0 Å². The Morgan fingerprint density at radius 1 is 1.11 bits per heavy atom. The molecule has 7 nitrogen and oxygen atoms in total. The third-order valence-electron chi connectivity index (χ3n) is 3.75. The number of thioether (sulfide) groups is 1. The molecule has 0 radical (unpaired) electrons. The molecule has 1 heterocycles. The number of amides is 1. The zero-order chi connectivity index (χ0) is 19.2. The number of benzene rings is 2. The molecular formula is C19H16N4O3S. The lowest BCUT2D eigenvalue weighted by molar-refractivity contribution is -0.384. The number of anilines is 1. The topological polar surface area (TPSA) is 98.0 Å². The molecule has 8 heteroatoms. The summed E-state index contributed by atoms with van der Waals surface area (Å²) in [5.74, 6) is -0.147. The number of aromatic nitrogens is 2. The Kier molecular flexibility index (Phi) is 5.77. The minimum atomic E-state index is -0.504. The first-order valence-electron chi connectivity index (χ1n) is 8.10. The number of nitro benzene ring substituents is 1. The molecule has 0 aliphatic rings. The molecule has 0 saturated carbocycles. The van der Waals surface area contributed by atoms with E-state index in [2.05, 4.69) is 15.5 Å².